The molecule has 15 heavy (non-hydrogen) atoms. The number of hydrogen-bond donors (Lipinski definition) is 1. The van der Waals surface area contributed by atoms with E-state index in [4.69, 9.17) is 0 Å². The molecule has 0 aliphatic rings. The van der Waals surface area contributed by atoms with Crippen LogP contribution in [-0.4, -0.2) is 30.3 Å². The van der Waals surface area contributed by atoms with Crippen LogP contribution in [-0.2, 0) is 0 Å². The fourth-order valence-corrected chi connectivity index (χ4v) is 0.753. The van der Waals surface area contributed by atoms with Gasteiger partial charge in [-0.3, -0.25) is 20.2 Å². The van der Waals surface area contributed by atoms with Gasteiger partial charge in [0, 0.05) is 0 Å². The molecule has 0 bridgehead atoms. The highest BCUT2D eigenvalue weighted by atomic mass is 16.7. The summed E-state index contributed by atoms with van der Waals surface area (Å²) in [5.74, 6) is -1.12. The molecule has 0 aliphatic carbocycles. The SMILES string of the molecule is O=[N+]([O-])c1nn[nH][n+]1C([N+](=O)[O-])[N+](=O)[O-]. The van der Waals surface area contributed by atoms with Gasteiger partial charge in [-0.25, -0.2) is 0 Å². The van der Waals surface area contributed by atoms with Crippen LogP contribution in [0.4, 0.5) is 5.95 Å². The van der Waals surface area contributed by atoms with Crippen molar-refractivity contribution in [2.24, 2.45) is 0 Å². The van der Waals surface area contributed by atoms with Crippen LogP contribution in [0.2, 0.25) is 0 Å². The third kappa shape index (κ3) is 1.79. The van der Waals surface area contributed by atoms with E-state index in [-0.39, 0.29) is 4.68 Å². The molecule has 80 valence electrons. The molecule has 0 aliphatic heterocycles. The van der Waals surface area contributed by atoms with Crippen LogP contribution in [0.5, 0.6) is 0 Å². The van der Waals surface area contributed by atoms with Crippen molar-refractivity contribution in [1.29, 1.82) is 0 Å². The number of nitrogens with zero attached hydrogens (tertiary/aromatic N) is 6. The van der Waals surface area contributed by atoms with Crippen molar-refractivity contribution >= 4 is 5.95 Å². The van der Waals surface area contributed by atoms with E-state index in [1.165, 1.54) is 0 Å². The summed E-state index contributed by atoms with van der Waals surface area (Å²) in [6, 6.07) is 0. The summed E-state index contributed by atoms with van der Waals surface area (Å²) in [6.07, 6.45) is -2.56. The van der Waals surface area contributed by atoms with Crippen molar-refractivity contribution < 1.29 is 19.5 Å². The molecule has 13 heteroatoms. The van der Waals surface area contributed by atoms with E-state index in [0.717, 1.165) is 0 Å². The molecule has 1 rings (SSSR count). The summed E-state index contributed by atoms with van der Waals surface area (Å²) in [7, 11) is 0. The van der Waals surface area contributed by atoms with E-state index in [2.05, 4.69) is 10.3 Å². The summed E-state index contributed by atoms with van der Waals surface area (Å²) >= 11 is 0. The number of aromatic amines is 1. The molecule has 0 aromatic carbocycles. The van der Waals surface area contributed by atoms with Crippen molar-refractivity contribution in [2.45, 2.75) is 6.29 Å². The van der Waals surface area contributed by atoms with Crippen molar-refractivity contribution in [2.75, 3.05) is 0 Å². The third-order valence-corrected chi connectivity index (χ3v) is 1.28. The van der Waals surface area contributed by atoms with E-state index in [9.17, 15) is 30.3 Å². The minimum atomic E-state index is -2.56. The zero-order valence-electron chi connectivity index (χ0n) is 6.71. The number of hydrogen-bond acceptors (Lipinski definition) is 8. The van der Waals surface area contributed by atoms with Crippen LogP contribution in [0.3, 0.4) is 0 Å². The third-order valence-electron chi connectivity index (χ3n) is 1.28. The number of H-pyrrole nitrogens is 1. The highest BCUT2D eigenvalue weighted by Gasteiger charge is 2.51. The smallest absolute Gasteiger partial charge is 0.320 e. The lowest BCUT2D eigenvalue weighted by Gasteiger charge is -1.92. The number of rotatable bonds is 4. The van der Waals surface area contributed by atoms with Crippen LogP contribution in [0.15, 0.2) is 0 Å². The second-order valence-electron chi connectivity index (χ2n) is 2.14. The van der Waals surface area contributed by atoms with Crippen molar-refractivity contribution in [3.05, 3.63) is 30.3 Å². The molecule has 1 aromatic rings. The average Bonchev–Trinajstić information content (AvgIpc) is 2.51. The van der Waals surface area contributed by atoms with Crippen LogP contribution < -0.4 is 4.68 Å². The monoisotopic (exact) mass is 220 g/mol. The lowest BCUT2D eigenvalue weighted by Crippen LogP contribution is -2.51. The molecule has 1 aromatic heterocycles. The average molecular weight is 220 g/mol. The Morgan fingerprint density at radius 1 is 1.20 bits per heavy atom. The molecule has 0 spiro atoms. The first-order valence-corrected chi connectivity index (χ1v) is 3.19. The Morgan fingerprint density at radius 3 is 2.13 bits per heavy atom. The molecular formula is C2H2N7O6+. The Labute approximate surface area is 78.7 Å². The first kappa shape index (κ1) is 10.4. The van der Waals surface area contributed by atoms with E-state index in [0.29, 0.717) is 0 Å². The van der Waals surface area contributed by atoms with Crippen LogP contribution in [0.25, 0.3) is 0 Å². The molecule has 0 saturated carbocycles. The summed E-state index contributed by atoms with van der Waals surface area (Å²) < 4.78 is 0.0278. The van der Waals surface area contributed by atoms with Gasteiger partial charge in [-0.15, -0.1) is 0 Å². The highest BCUT2D eigenvalue weighted by Crippen LogP contribution is 2.02. The number of aromatic nitrogens is 4. The predicted molar refractivity (Wildman–Crippen MR) is 36.3 cm³/mol. The van der Waals surface area contributed by atoms with Gasteiger partial charge in [-0.2, -0.15) is 0 Å². The normalized spacial score (nSPS) is 10.2. The maximum atomic E-state index is 10.3. The largest absolute Gasteiger partial charge is 0.690 e. The van der Waals surface area contributed by atoms with Gasteiger partial charge in [0.15, 0.2) is 9.85 Å². The molecule has 13 nitrogen and oxygen atoms in total. The molecular weight excluding hydrogens is 218 g/mol. The van der Waals surface area contributed by atoms with E-state index < -0.39 is 27.0 Å². The maximum Gasteiger partial charge on any atom is 0.690 e. The molecule has 1 heterocycles. The van der Waals surface area contributed by atoms with Gasteiger partial charge in [0.1, 0.15) is 5.21 Å². The Bertz CT molecular complexity index is 409. The van der Waals surface area contributed by atoms with Gasteiger partial charge in [0.05, 0.1) is 9.61 Å². The van der Waals surface area contributed by atoms with Crippen molar-refractivity contribution in [3.8, 4) is 0 Å². The number of nitrogens with one attached hydrogen (secondary N) is 1. The summed E-state index contributed by atoms with van der Waals surface area (Å²) in [5, 5.41) is 38.2. The first-order chi connectivity index (χ1) is 6.95. The van der Waals surface area contributed by atoms with Gasteiger partial charge in [0.2, 0.25) is 5.10 Å². The van der Waals surface area contributed by atoms with E-state index in [1.807, 2.05) is 0 Å². The Balaban J connectivity index is 3.23. The zero-order valence-corrected chi connectivity index (χ0v) is 6.71. The van der Waals surface area contributed by atoms with Crippen LogP contribution >= 0.6 is 0 Å². The minimum absolute atomic E-state index is 0.0278. The van der Waals surface area contributed by atoms with E-state index in [1.54, 1.807) is 5.21 Å². The minimum Gasteiger partial charge on any atom is -0.320 e. The molecule has 0 atom stereocenters. The quantitative estimate of drug-likeness (QED) is 0.262. The molecule has 0 unspecified atom stereocenters. The second kappa shape index (κ2) is 3.56. The molecule has 1 N–H and O–H groups in total. The lowest BCUT2D eigenvalue weighted by molar-refractivity contribution is -1.04. The van der Waals surface area contributed by atoms with Gasteiger partial charge >= 0.3 is 12.2 Å². The van der Waals surface area contributed by atoms with E-state index >= 15 is 0 Å². The van der Waals surface area contributed by atoms with Crippen LogP contribution in [0.1, 0.15) is 6.29 Å². The summed E-state index contributed by atoms with van der Waals surface area (Å²) in [4.78, 5) is 27.0. The number of nitro groups is 3. The van der Waals surface area contributed by atoms with Gasteiger partial charge in [0.25, 0.3) is 0 Å². The highest BCUT2D eigenvalue weighted by molar-refractivity contribution is 4.82. The standard InChI is InChI=1S/C2HN7O6/c10-7(11)1-3-4-5-6(1)2(8(12)13)9(14)15/h2H/p+1. The molecule has 0 amide bonds. The number of tetrazole rings is 1. The van der Waals surface area contributed by atoms with Crippen molar-refractivity contribution in [3.63, 3.8) is 0 Å². The van der Waals surface area contributed by atoms with Crippen LogP contribution in [0, 0.1) is 30.3 Å². The van der Waals surface area contributed by atoms with Gasteiger partial charge in [-0.05, 0) is 0 Å². The molecule has 0 radical (unpaired) electrons. The van der Waals surface area contributed by atoms with Gasteiger partial charge in [-0.1, -0.05) is 5.21 Å². The van der Waals surface area contributed by atoms with Gasteiger partial charge < -0.3 is 10.1 Å². The molecule has 0 fully saturated rings. The Kier molecular flexibility index (Phi) is 2.46. The Hall–Kier alpha value is -2.73. The zero-order chi connectivity index (χ0) is 11.6. The van der Waals surface area contributed by atoms with Crippen molar-refractivity contribution in [1.82, 2.24) is 15.5 Å². The summed E-state index contributed by atoms with van der Waals surface area (Å²) in [5.41, 5.74) is 0. The predicted octanol–water partition coefficient (Wildman–Crippen LogP) is -1.99. The first-order valence-electron chi connectivity index (χ1n) is 3.19. The second-order valence-corrected chi connectivity index (χ2v) is 2.14. The fourth-order valence-electron chi connectivity index (χ4n) is 0.753. The maximum absolute atomic E-state index is 10.3. The summed E-state index contributed by atoms with van der Waals surface area (Å²) in [6.45, 7) is 0. The lowest BCUT2D eigenvalue weighted by atomic mass is 10.8. The fraction of sp³-hybridized carbons (Fsp3) is 0.500. The Morgan fingerprint density at radius 2 is 1.73 bits per heavy atom. The topological polar surface area (TPSA) is 175 Å². The molecule has 0 saturated heterocycles.